The van der Waals surface area contributed by atoms with Gasteiger partial charge in [0.15, 0.2) is 0 Å². The molecule has 8 heteroatoms. The first-order valence-corrected chi connectivity index (χ1v) is 11.1. The van der Waals surface area contributed by atoms with Gasteiger partial charge in [0, 0.05) is 29.7 Å². The first-order valence-electron chi connectivity index (χ1n) is 8.83. The summed E-state index contributed by atoms with van der Waals surface area (Å²) in [6.07, 6.45) is 2.33. The van der Waals surface area contributed by atoms with E-state index in [0.29, 0.717) is 25.3 Å². The number of pyridine rings is 1. The molecule has 0 radical (unpaired) electrons. The van der Waals surface area contributed by atoms with Crippen LogP contribution in [0.1, 0.15) is 26.4 Å². The number of fused-ring (bicyclic) bond motifs is 1. The number of hydrogen-bond donors (Lipinski definition) is 1. The molecule has 1 aromatic carbocycles. The van der Waals surface area contributed by atoms with Gasteiger partial charge in [-0.1, -0.05) is 6.07 Å². The molecule has 3 aromatic rings. The summed E-state index contributed by atoms with van der Waals surface area (Å²) in [5.74, 6) is 0.0354. The maximum absolute atomic E-state index is 13.1. The van der Waals surface area contributed by atoms with Gasteiger partial charge in [0.05, 0.1) is 4.90 Å². The number of sulfonamides is 1. The maximum Gasteiger partial charge on any atom is 0.256 e. The minimum absolute atomic E-state index is 0.121. The van der Waals surface area contributed by atoms with Crippen LogP contribution in [0.25, 0.3) is 0 Å². The minimum Gasteiger partial charge on any atom is -0.307 e. The first kappa shape index (κ1) is 18.8. The van der Waals surface area contributed by atoms with E-state index < -0.39 is 15.9 Å². The van der Waals surface area contributed by atoms with Gasteiger partial charge in [-0.15, -0.1) is 11.3 Å². The number of aryl methyl sites for hydroxylation is 1. The lowest BCUT2D eigenvalue weighted by molar-refractivity contribution is 0.102. The van der Waals surface area contributed by atoms with Crippen molar-refractivity contribution in [3.05, 3.63) is 75.6 Å². The molecule has 1 aliphatic heterocycles. The molecule has 144 valence electrons. The molecular weight excluding hydrogens is 394 g/mol. The third-order valence-electron chi connectivity index (χ3n) is 4.66. The van der Waals surface area contributed by atoms with E-state index in [0.717, 1.165) is 11.1 Å². The van der Waals surface area contributed by atoms with Gasteiger partial charge < -0.3 is 5.32 Å². The Kier molecular flexibility index (Phi) is 5.01. The molecule has 0 fully saturated rings. The molecule has 6 nitrogen and oxygen atoms in total. The van der Waals surface area contributed by atoms with Crippen molar-refractivity contribution >= 4 is 33.1 Å². The highest BCUT2D eigenvalue weighted by atomic mass is 32.2. The topological polar surface area (TPSA) is 79.4 Å². The summed E-state index contributed by atoms with van der Waals surface area (Å²) in [5.41, 5.74) is 2.30. The third kappa shape index (κ3) is 3.71. The summed E-state index contributed by atoms with van der Waals surface area (Å²) in [6.45, 7) is 2.71. The zero-order valence-electron chi connectivity index (χ0n) is 15.3. The smallest absolute Gasteiger partial charge is 0.256 e. The Morgan fingerprint density at radius 2 is 2.07 bits per heavy atom. The highest BCUT2D eigenvalue weighted by molar-refractivity contribution is 7.89. The predicted molar refractivity (Wildman–Crippen MR) is 109 cm³/mol. The summed E-state index contributed by atoms with van der Waals surface area (Å²) in [7, 11) is -3.68. The van der Waals surface area contributed by atoms with Crippen LogP contribution in [-0.4, -0.2) is 30.2 Å². The number of benzene rings is 1. The zero-order chi connectivity index (χ0) is 19.7. The molecule has 1 amide bonds. The summed E-state index contributed by atoms with van der Waals surface area (Å²) in [4.78, 5) is 18.0. The molecule has 4 rings (SSSR count). The van der Waals surface area contributed by atoms with E-state index in [9.17, 15) is 13.2 Å². The second-order valence-corrected chi connectivity index (χ2v) is 9.60. The van der Waals surface area contributed by atoms with E-state index in [1.165, 1.54) is 21.3 Å². The van der Waals surface area contributed by atoms with Crippen molar-refractivity contribution in [3.8, 4) is 0 Å². The van der Waals surface area contributed by atoms with E-state index >= 15 is 0 Å². The summed E-state index contributed by atoms with van der Waals surface area (Å²) in [6, 6.07) is 11.7. The lowest BCUT2D eigenvalue weighted by Gasteiger charge is -2.26. The largest absolute Gasteiger partial charge is 0.307 e. The van der Waals surface area contributed by atoms with E-state index in [4.69, 9.17) is 0 Å². The maximum atomic E-state index is 13.1. The number of nitrogens with zero attached hydrogens (tertiary/aromatic N) is 2. The van der Waals surface area contributed by atoms with Crippen LogP contribution in [0.5, 0.6) is 0 Å². The quantitative estimate of drug-likeness (QED) is 0.710. The molecule has 0 spiro atoms. The lowest BCUT2D eigenvalue weighted by Crippen LogP contribution is -2.35. The Hall–Kier alpha value is -2.55. The average Bonchev–Trinajstić information content (AvgIpc) is 3.16. The normalized spacial score (nSPS) is 14.5. The molecule has 0 unspecified atom stereocenters. The molecule has 1 N–H and O–H groups in total. The lowest BCUT2D eigenvalue weighted by atomic mass is 10.1. The molecule has 3 heterocycles. The SMILES string of the molecule is Cc1ccnc(NC(=O)c2cccc(S(=O)(=O)N3CCc4sccc4C3)c2)c1. The van der Waals surface area contributed by atoms with Crippen LogP contribution in [0.2, 0.25) is 0 Å². The Morgan fingerprint density at radius 3 is 2.89 bits per heavy atom. The second-order valence-electron chi connectivity index (χ2n) is 6.66. The zero-order valence-corrected chi connectivity index (χ0v) is 16.9. The molecule has 2 aromatic heterocycles. The number of aromatic nitrogens is 1. The van der Waals surface area contributed by atoms with Crippen LogP contribution in [0, 0.1) is 6.92 Å². The number of nitrogens with one attached hydrogen (secondary N) is 1. The molecule has 28 heavy (non-hydrogen) atoms. The summed E-state index contributed by atoms with van der Waals surface area (Å²) in [5, 5.41) is 4.70. The van der Waals surface area contributed by atoms with E-state index in [1.807, 2.05) is 24.4 Å². The van der Waals surface area contributed by atoms with Crippen LogP contribution in [0.3, 0.4) is 0 Å². The molecule has 0 atom stereocenters. The van der Waals surface area contributed by atoms with Gasteiger partial charge in [0.2, 0.25) is 10.0 Å². The van der Waals surface area contributed by atoms with Crippen molar-refractivity contribution in [1.29, 1.82) is 0 Å². The number of carbonyl (C=O) groups excluding carboxylic acids is 1. The minimum atomic E-state index is -3.68. The third-order valence-corrected chi connectivity index (χ3v) is 7.53. The first-order chi connectivity index (χ1) is 13.4. The predicted octanol–water partition coefficient (Wildman–Crippen LogP) is 3.45. The number of amides is 1. The van der Waals surface area contributed by atoms with E-state index in [2.05, 4.69) is 10.3 Å². The number of anilines is 1. The molecule has 0 saturated carbocycles. The Morgan fingerprint density at radius 1 is 1.21 bits per heavy atom. The number of carbonyl (C=O) groups is 1. The van der Waals surface area contributed by atoms with Crippen LogP contribution in [0.4, 0.5) is 5.82 Å². The Labute approximate surface area is 167 Å². The second kappa shape index (κ2) is 7.46. The van der Waals surface area contributed by atoms with E-state index in [-0.39, 0.29) is 10.5 Å². The van der Waals surface area contributed by atoms with Crippen LogP contribution in [-0.2, 0) is 23.0 Å². The van der Waals surface area contributed by atoms with Crippen molar-refractivity contribution in [2.75, 3.05) is 11.9 Å². The highest BCUT2D eigenvalue weighted by Gasteiger charge is 2.29. The summed E-state index contributed by atoms with van der Waals surface area (Å²) < 4.78 is 27.6. The van der Waals surface area contributed by atoms with Crippen LogP contribution in [0.15, 0.2) is 58.9 Å². The monoisotopic (exact) mass is 413 g/mol. The number of rotatable bonds is 4. The molecule has 0 bridgehead atoms. The van der Waals surface area contributed by atoms with Crippen molar-refractivity contribution < 1.29 is 13.2 Å². The fourth-order valence-corrected chi connectivity index (χ4v) is 5.52. The van der Waals surface area contributed by atoms with Gasteiger partial charge in [0.1, 0.15) is 5.82 Å². The van der Waals surface area contributed by atoms with Crippen molar-refractivity contribution in [2.24, 2.45) is 0 Å². The van der Waals surface area contributed by atoms with E-state index in [1.54, 1.807) is 35.7 Å². The average molecular weight is 414 g/mol. The number of thiophene rings is 1. The van der Waals surface area contributed by atoms with Gasteiger partial charge in [-0.2, -0.15) is 4.31 Å². The molecule has 1 aliphatic rings. The van der Waals surface area contributed by atoms with Crippen molar-refractivity contribution in [2.45, 2.75) is 24.8 Å². The van der Waals surface area contributed by atoms with Gasteiger partial charge in [0.25, 0.3) is 5.91 Å². The van der Waals surface area contributed by atoms with Crippen molar-refractivity contribution in [3.63, 3.8) is 0 Å². The van der Waals surface area contributed by atoms with Crippen LogP contribution >= 0.6 is 11.3 Å². The van der Waals surface area contributed by atoms with Gasteiger partial charge in [-0.3, -0.25) is 4.79 Å². The van der Waals surface area contributed by atoms with Crippen molar-refractivity contribution in [1.82, 2.24) is 9.29 Å². The van der Waals surface area contributed by atoms with Crippen LogP contribution < -0.4 is 5.32 Å². The Bertz CT molecular complexity index is 1140. The summed E-state index contributed by atoms with van der Waals surface area (Å²) >= 11 is 1.66. The fourth-order valence-electron chi connectivity index (χ4n) is 3.17. The van der Waals surface area contributed by atoms with Gasteiger partial charge in [-0.05, 0) is 66.2 Å². The fraction of sp³-hybridized carbons (Fsp3) is 0.200. The van der Waals surface area contributed by atoms with Gasteiger partial charge in [-0.25, -0.2) is 13.4 Å². The molecule has 0 saturated heterocycles. The Balaban J connectivity index is 1.57. The highest BCUT2D eigenvalue weighted by Crippen LogP contribution is 2.28. The molecule has 0 aliphatic carbocycles. The standard InChI is InChI=1S/C20H19N3O3S2/c1-14-5-8-21-19(11-14)22-20(24)15-3-2-4-17(12-15)28(25,26)23-9-6-18-16(13-23)7-10-27-18/h2-5,7-8,10-12H,6,9,13H2,1H3,(H,21,22,24). The van der Waals surface area contributed by atoms with Gasteiger partial charge >= 0.3 is 0 Å². The number of hydrogen-bond acceptors (Lipinski definition) is 5. The molecular formula is C20H19N3O3S2.